The maximum Gasteiger partial charge on any atom is -0.00174 e. The van der Waals surface area contributed by atoms with Gasteiger partial charge in [0, 0.05) is 0 Å². The number of nitrogens with one attached hydrogen (secondary N) is 2. The van der Waals surface area contributed by atoms with E-state index in [0.717, 1.165) is 31.3 Å². The zero-order valence-corrected chi connectivity index (χ0v) is 10.8. The first-order chi connectivity index (χ1) is 7.88. The van der Waals surface area contributed by atoms with Gasteiger partial charge < -0.3 is 16.4 Å². The molecule has 0 saturated heterocycles. The molecule has 0 radical (unpaired) electrons. The predicted octanol–water partition coefficient (Wildman–Crippen LogP) is 1.34. The third kappa shape index (κ3) is 5.28. The molecule has 0 bridgehead atoms. The quantitative estimate of drug-likeness (QED) is 0.494. The molecular weight excluding hydrogens is 198 g/mol. The van der Waals surface area contributed by atoms with Crippen LogP contribution in [0.2, 0.25) is 0 Å². The fourth-order valence-electron chi connectivity index (χ4n) is 2.28. The molecule has 1 aliphatic carbocycles. The van der Waals surface area contributed by atoms with Crippen LogP contribution in [-0.4, -0.2) is 32.7 Å². The Morgan fingerprint density at radius 3 is 2.00 bits per heavy atom. The van der Waals surface area contributed by atoms with Crippen LogP contribution in [-0.2, 0) is 0 Å². The summed E-state index contributed by atoms with van der Waals surface area (Å²) in [7, 11) is 0. The fraction of sp³-hybridized carbons (Fsp3) is 1.00. The first-order valence-electron chi connectivity index (χ1n) is 7.00. The molecule has 2 atom stereocenters. The minimum absolute atomic E-state index is 0.805. The summed E-state index contributed by atoms with van der Waals surface area (Å²) in [5.41, 5.74) is 5.46. The number of hydrogen-bond acceptors (Lipinski definition) is 3. The van der Waals surface area contributed by atoms with Crippen LogP contribution in [0, 0.1) is 11.8 Å². The van der Waals surface area contributed by atoms with Crippen molar-refractivity contribution < 1.29 is 0 Å². The zero-order valence-electron chi connectivity index (χ0n) is 10.8. The van der Waals surface area contributed by atoms with Crippen LogP contribution in [0.25, 0.3) is 0 Å². The smallest absolute Gasteiger partial charge is 0.00174 e. The van der Waals surface area contributed by atoms with Gasteiger partial charge in [-0.15, -0.1) is 0 Å². The molecule has 0 spiro atoms. The average molecular weight is 227 g/mol. The minimum Gasteiger partial charge on any atom is -0.330 e. The highest BCUT2D eigenvalue weighted by atomic mass is 14.9. The maximum absolute atomic E-state index is 5.46. The molecule has 96 valence electrons. The highest BCUT2D eigenvalue weighted by Crippen LogP contribution is 2.32. The van der Waals surface area contributed by atoms with Crippen molar-refractivity contribution in [1.29, 1.82) is 0 Å². The Bertz CT molecular complexity index is 143. The molecule has 3 heteroatoms. The lowest BCUT2D eigenvalue weighted by molar-refractivity contribution is 0.168. The van der Waals surface area contributed by atoms with Gasteiger partial charge in [-0.05, 0) is 70.2 Å². The lowest BCUT2D eigenvalue weighted by Gasteiger charge is -2.37. The van der Waals surface area contributed by atoms with E-state index >= 15 is 0 Å². The molecule has 0 aliphatic heterocycles. The zero-order chi connectivity index (χ0) is 11.6. The summed E-state index contributed by atoms with van der Waals surface area (Å²) in [6.45, 7) is 7.75. The van der Waals surface area contributed by atoms with Crippen molar-refractivity contribution in [2.24, 2.45) is 17.6 Å². The second-order valence-electron chi connectivity index (χ2n) is 5.00. The molecule has 0 aromatic rings. The Morgan fingerprint density at radius 2 is 1.56 bits per heavy atom. The Kier molecular flexibility index (Phi) is 7.81. The maximum atomic E-state index is 5.46. The molecule has 0 aromatic carbocycles. The second-order valence-corrected chi connectivity index (χ2v) is 5.00. The van der Waals surface area contributed by atoms with Crippen LogP contribution in [0.5, 0.6) is 0 Å². The van der Waals surface area contributed by atoms with Gasteiger partial charge in [0.25, 0.3) is 0 Å². The summed E-state index contributed by atoms with van der Waals surface area (Å²) >= 11 is 0. The van der Waals surface area contributed by atoms with Crippen LogP contribution < -0.4 is 16.4 Å². The summed E-state index contributed by atoms with van der Waals surface area (Å²) in [4.78, 5) is 0. The Balaban J connectivity index is 1.93. The third-order valence-corrected chi connectivity index (χ3v) is 3.65. The van der Waals surface area contributed by atoms with Crippen molar-refractivity contribution in [2.75, 3.05) is 32.7 Å². The van der Waals surface area contributed by atoms with E-state index in [2.05, 4.69) is 17.6 Å². The Labute approximate surface area is 101 Å². The van der Waals surface area contributed by atoms with Gasteiger partial charge in [0.2, 0.25) is 0 Å². The van der Waals surface area contributed by atoms with E-state index in [0.29, 0.717) is 0 Å². The molecule has 2 unspecified atom stereocenters. The van der Waals surface area contributed by atoms with E-state index in [1.54, 1.807) is 0 Å². The largest absolute Gasteiger partial charge is 0.330 e. The summed E-state index contributed by atoms with van der Waals surface area (Å²) in [5, 5.41) is 7.08. The predicted molar refractivity (Wildman–Crippen MR) is 70.5 cm³/mol. The molecule has 0 heterocycles. The number of nitrogens with two attached hydrogens (primary N) is 1. The minimum atomic E-state index is 0.805. The van der Waals surface area contributed by atoms with Gasteiger partial charge in [-0.1, -0.05) is 13.3 Å². The van der Waals surface area contributed by atoms with Gasteiger partial charge in [0.05, 0.1) is 0 Å². The van der Waals surface area contributed by atoms with E-state index < -0.39 is 0 Å². The molecule has 0 aromatic heterocycles. The van der Waals surface area contributed by atoms with Crippen molar-refractivity contribution in [3.63, 3.8) is 0 Å². The van der Waals surface area contributed by atoms with Crippen LogP contribution in [0.1, 0.15) is 39.0 Å². The highest BCUT2D eigenvalue weighted by molar-refractivity contribution is 4.83. The monoisotopic (exact) mass is 227 g/mol. The van der Waals surface area contributed by atoms with Gasteiger partial charge >= 0.3 is 0 Å². The first kappa shape index (κ1) is 13.9. The second kappa shape index (κ2) is 8.97. The normalized spacial score (nSPS) is 24.4. The van der Waals surface area contributed by atoms with Crippen LogP contribution in [0.4, 0.5) is 0 Å². The molecule has 3 nitrogen and oxygen atoms in total. The van der Waals surface area contributed by atoms with E-state index in [4.69, 9.17) is 5.73 Å². The summed E-state index contributed by atoms with van der Waals surface area (Å²) in [6.07, 6.45) is 6.54. The lowest BCUT2D eigenvalue weighted by Crippen LogP contribution is -2.41. The van der Waals surface area contributed by atoms with Crippen LogP contribution in [0.3, 0.4) is 0 Å². The first-order valence-corrected chi connectivity index (χ1v) is 7.00. The number of hydrogen-bond donors (Lipinski definition) is 3. The molecular formula is C13H29N3. The van der Waals surface area contributed by atoms with E-state index in [-0.39, 0.29) is 0 Å². The van der Waals surface area contributed by atoms with Gasteiger partial charge in [-0.3, -0.25) is 0 Å². The van der Waals surface area contributed by atoms with Crippen LogP contribution in [0.15, 0.2) is 0 Å². The Hall–Kier alpha value is -0.120. The van der Waals surface area contributed by atoms with Crippen molar-refractivity contribution in [3.8, 4) is 0 Å². The molecule has 1 rings (SSSR count). The summed E-state index contributed by atoms with van der Waals surface area (Å²) in [6, 6.07) is 0. The third-order valence-electron chi connectivity index (χ3n) is 3.65. The van der Waals surface area contributed by atoms with E-state index in [1.807, 2.05) is 0 Å². The van der Waals surface area contributed by atoms with Gasteiger partial charge in [0.15, 0.2) is 0 Å². The van der Waals surface area contributed by atoms with E-state index in [9.17, 15) is 0 Å². The summed E-state index contributed by atoms with van der Waals surface area (Å²) in [5.74, 6) is 1.83. The van der Waals surface area contributed by atoms with Crippen molar-refractivity contribution in [1.82, 2.24) is 10.6 Å². The lowest BCUT2D eigenvalue weighted by atomic mass is 9.73. The molecule has 16 heavy (non-hydrogen) atoms. The van der Waals surface area contributed by atoms with Crippen LogP contribution >= 0.6 is 0 Å². The van der Waals surface area contributed by atoms with E-state index in [1.165, 1.54) is 45.3 Å². The van der Waals surface area contributed by atoms with Crippen molar-refractivity contribution in [2.45, 2.75) is 39.0 Å². The van der Waals surface area contributed by atoms with Gasteiger partial charge in [-0.25, -0.2) is 0 Å². The number of rotatable bonds is 10. The van der Waals surface area contributed by atoms with Crippen molar-refractivity contribution in [3.05, 3.63) is 0 Å². The number of unbranched alkanes of at least 4 members (excludes halogenated alkanes) is 1. The molecule has 1 saturated carbocycles. The SMILES string of the molecule is CCCCNCC1CCC1CNCCCN. The fourth-order valence-corrected chi connectivity index (χ4v) is 2.28. The topological polar surface area (TPSA) is 50.1 Å². The van der Waals surface area contributed by atoms with Gasteiger partial charge in [0.1, 0.15) is 0 Å². The van der Waals surface area contributed by atoms with Gasteiger partial charge in [-0.2, -0.15) is 0 Å². The Morgan fingerprint density at radius 1 is 1.00 bits per heavy atom. The molecule has 4 N–H and O–H groups in total. The average Bonchev–Trinajstić information content (AvgIpc) is 2.27. The highest BCUT2D eigenvalue weighted by Gasteiger charge is 2.29. The molecule has 1 fully saturated rings. The molecule has 1 aliphatic rings. The van der Waals surface area contributed by atoms with Crippen molar-refractivity contribution >= 4 is 0 Å². The summed E-state index contributed by atoms with van der Waals surface area (Å²) < 4.78 is 0. The standard InChI is InChI=1S/C13H29N3/c1-2-3-8-15-10-12-5-6-13(12)11-16-9-4-7-14/h12-13,15-16H,2-11,14H2,1H3. The molecule has 0 amide bonds.